The Morgan fingerprint density at radius 2 is 1.84 bits per heavy atom. The van der Waals surface area contributed by atoms with Crippen molar-refractivity contribution in [2.75, 3.05) is 19.1 Å². The van der Waals surface area contributed by atoms with Gasteiger partial charge in [-0.25, -0.2) is 0 Å². The van der Waals surface area contributed by atoms with Crippen LogP contribution in [-0.2, 0) is 0 Å². The summed E-state index contributed by atoms with van der Waals surface area (Å²) in [5, 5.41) is 5.34. The van der Waals surface area contributed by atoms with Crippen LogP contribution < -0.4 is 14.9 Å². The van der Waals surface area contributed by atoms with E-state index in [1.807, 2.05) is 62.4 Å². The maximum atomic E-state index is 5.55. The van der Waals surface area contributed by atoms with Gasteiger partial charge in [-0.3, -0.25) is 10.4 Å². The number of benzene rings is 2. The van der Waals surface area contributed by atoms with E-state index in [2.05, 4.69) is 15.5 Å². The van der Waals surface area contributed by atoms with Crippen molar-refractivity contribution in [3.8, 4) is 11.5 Å². The molecule has 0 bridgehead atoms. The minimum Gasteiger partial charge on any atom is -0.497 e. The lowest BCUT2D eigenvalue weighted by Crippen LogP contribution is -1.96. The molecule has 0 aliphatic heterocycles. The second-order valence-electron chi connectivity index (χ2n) is 5.57. The zero-order valence-corrected chi connectivity index (χ0v) is 14.6. The van der Waals surface area contributed by atoms with Crippen molar-refractivity contribution in [1.29, 1.82) is 0 Å². The maximum absolute atomic E-state index is 5.55. The Labute approximate surface area is 147 Å². The molecule has 3 aromatic rings. The number of ether oxygens (including phenoxy) is 2. The molecular weight excluding hydrogens is 314 g/mol. The second kappa shape index (κ2) is 7.66. The fourth-order valence-corrected chi connectivity index (χ4v) is 2.56. The van der Waals surface area contributed by atoms with Gasteiger partial charge < -0.3 is 9.47 Å². The molecule has 1 N–H and O–H groups in total. The predicted octanol–water partition coefficient (Wildman–Crippen LogP) is 4.40. The van der Waals surface area contributed by atoms with Crippen LogP contribution in [0.15, 0.2) is 53.6 Å². The molecule has 0 fully saturated rings. The van der Waals surface area contributed by atoms with Crippen LogP contribution in [0.25, 0.3) is 10.9 Å². The number of hydrogen-bond acceptors (Lipinski definition) is 5. The van der Waals surface area contributed by atoms with Crippen molar-refractivity contribution in [2.24, 2.45) is 5.10 Å². The van der Waals surface area contributed by atoms with Crippen molar-refractivity contribution in [2.45, 2.75) is 13.8 Å². The Balaban J connectivity index is 1.83. The fourth-order valence-electron chi connectivity index (χ4n) is 2.56. The molecule has 0 amide bonds. The normalized spacial score (nSPS) is 11.0. The van der Waals surface area contributed by atoms with Crippen molar-refractivity contribution < 1.29 is 9.47 Å². The van der Waals surface area contributed by atoms with Crippen molar-refractivity contribution in [3.05, 3.63) is 59.8 Å². The number of fused-ring (bicyclic) bond motifs is 1. The van der Waals surface area contributed by atoms with Gasteiger partial charge in [0.1, 0.15) is 11.5 Å². The summed E-state index contributed by atoms with van der Waals surface area (Å²) in [5.41, 5.74) is 6.82. The fraction of sp³-hybridized carbons (Fsp3) is 0.200. The van der Waals surface area contributed by atoms with Crippen LogP contribution in [0.1, 0.15) is 18.2 Å². The van der Waals surface area contributed by atoms with Crippen LogP contribution in [0.2, 0.25) is 0 Å². The molecule has 0 unspecified atom stereocenters. The first-order valence-corrected chi connectivity index (χ1v) is 8.17. The molecule has 2 aromatic carbocycles. The van der Waals surface area contributed by atoms with E-state index >= 15 is 0 Å². The highest BCUT2D eigenvalue weighted by Crippen LogP contribution is 2.27. The van der Waals surface area contributed by atoms with Crippen LogP contribution >= 0.6 is 0 Å². The lowest BCUT2D eigenvalue weighted by molar-refractivity contribution is 0.340. The van der Waals surface area contributed by atoms with Crippen LogP contribution in [0, 0.1) is 6.92 Å². The van der Waals surface area contributed by atoms with Gasteiger partial charge in [-0.1, -0.05) is 0 Å². The molecular formula is C20H21N3O2. The molecule has 0 aliphatic rings. The molecule has 25 heavy (non-hydrogen) atoms. The third-order valence-electron chi connectivity index (χ3n) is 3.73. The van der Waals surface area contributed by atoms with E-state index < -0.39 is 0 Å². The van der Waals surface area contributed by atoms with E-state index in [0.717, 1.165) is 39.3 Å². The Morgan fingerprint density at radius 3 is 2.56 bits per heavy atom. The van der Waals surface area contributed by atoms with Gasteiger partial charge in [-0.2, -0.15) is 5.10 Å². The third kappa shape index (κ3) is 4.07. The van der Waals surface area contributed by atoms with Gasteiger partial charge in [0, 0.05) is 17.1 Å². The number of nitrogens with one attached hydrogen (secondary N) is 1. The summed E-state index contributed by atoms with van der Waals surface area (Å²) in [4.78, 5) is 4.58. The summed E-state index contributed by atoms with van der Waals surface area (Å²) in [6, 6.07) is 15.6. The van der Waals surface area contributed by atoms with Gasteiger partial charge in [0.15, 0.2) is 0 Å². The molecule has 0 saturated carbocycles. The number of aryl methyl sites for hydroxylation is 1. The standard InChI is InChI=1S/C20H21N3O2/c1-4-25-17-9-10-18-19(12-17)22-14(2)11-20(18)23-21-13-15-5-7-16(24-3)8-6-15/h5-13H,4H2,1-3H3,(H,22,23)/b21-13-. The second-order valence-corrected chi connectivity index (χ2v) is 5.57. The highest BCUT2D eigenvalue weighted by molar-refractivity contribution is 5.92. The van der Waals surface area contributed by atoms with E-state index in [1.165, 1.54) is 0 Å². The van der Waals surface area contributed by atoms with E-state index in [0.29, 0.717) is 6.61 Å². The number of rotatable bonds is 6. The first kappa shape index (κ1) is 16.8. The quantitative estimate of drug-likeness (QED) is 0.536. The number of nitrogens with zero attached hydrogens (tertiary/aromatic N) is 2. The highest BCUT2D eigenvalue weighted by atomic mass is 16.5. The predicted molar refractivity (Wildman–Crippen MR) is 102 cm³/mol. The molecule has 0 aliphatic carbocycles. The van der Waals surface area contributed by atoms with Crippen LogP contribution in [0.3, 0.4) is 0 Å². The zero-order chi connectivity index (χ0) is 17.6. The SMILES string of the molecule is CCOc1ccc2c(N/N=C\c3ccc(OC)cc3)cc(C)nc2c1. The summed E-state index contributed by atoms with van der Waals surface area (Å²) in [7, 11) is 1.65. The first-order valence-electron chi connectivity index (χ1n) is 8.17. The topological polar surface area (TPSA) is 55.7 Å². The van der Waals surface area contributed by atoms with Crippen molar-refractivity contribution in [1.82, 2.24) is 4.98 Å². The minimum absolute atomic E-state index is 0.634. The molecule has 5 nitrogen and oxygen atoms in total. The zero-order valence-electron chi connectivity index (χ0n) is 14.6. The smallest absolute Gasteiger partial charge is 0.121 e. The molecule has 1 heterocycles. The van der Waals surface area contributed by atoms with Crippen LogP contribution in [-0.4, -0.2) is 24.9 Å². The van der Waals surface area contributed by atoms with E-state index in [1.54, 1.807) is 13.3 Å². The van der Waals surface area contributed by atoms with Gasteiger partial charge in [-0.05, 0) is 61.9 Å². The summed E-state index contributed by atoms with van der Waals surface area (Å²) in [6.07, 6.45) is 1.77. The largest absolute Gasteiger partial charge is 0.497 e. The summed E-state index contributed by atoms with van der Waals surface area (Å²) in [6.45, 7) is 4.56. The monoisotopic (exact) mass is 335 g/mol. The Kier molecular flexibility index (Phi) is 5.14. The Hall–Kier alpha value is -3.08. The van der Waals surface area contributed by atoms with Gasteiger partial charge in [0.2, 0.25) is 0 Å². The Bertz CT molecular complexity index is 889. The van der Waals surface area contributed by atoms with Gasteiger partial charge in [0.05, 0.1) is 31.1 Å². The average Bonchev–Trinajstić information content (AvgIpc) is 2.62. The average molecular weight is 335 g/mol. The lowest BCUT2D eigenvalue weighted by Gasteiger charge is -2.09. The number of aromatic nitrogens is 1. The summed E-state index contributed by atoms with van der Waals surface area (Å²) >= 11 is 0. The number of anilines is 1. The van der Waals surface area contributed by atoms with Gasteiger partial charge in [0.25, 0.3) is 0 Å². The van der Waals surface area contributed by atoms with Crippen LogP contribution in [0.5, 0.6) is 11.5 Å². The number of hydrogen-bond donors (Lipinski definition) is 1. The number of hydrazone groups is 1. The molecule has 0 radical (unpaired) electrons. The van der Waals surface area contributed by atoms with Crippen molar-refractivity contribution >= 4 is 22.8 Å². The molecule has 128 valence electrons. The van der Waals surface area contributed by atoms with Gasteiger partial charge in [-0.15, -0.1) is 0 Å². The molecule has 0 spiro atoms. The van der Waals surface area contributed by atoms with Gasteiger partial charge >= 0.3 is 0 Å². The Morgan fingerprint density at radius 1 is 1.08 bits per heavy atom. The third-order valence-corrected chi connectivity index (χ3v) is 3.73. The van der Waals surface area contributed by atoms with E-state index in [9.17, 15) is 0 Å². The molecule has 1 aromatic heterocycles. The lowest BCUT2D eigenvalue weighted by atomic mass is 10.1. The van der Waals surface area contributed by atoms with Crippen LogP contribution in [0.4, 0.5) is 5.69 Å². The van der Waals surface area contributed by atoms with E-state index in [4.69, 9.17) is 9.47 Å². The maximum Gasteiger partial charge on any atom is 0.121 e. The first-order chi connectivity index (χ1) is 12.2. The number of methoxy groups -OCH3 is 1. The number of pyridine rings is 1. The molecule has 0 saturated heterocycles. The highest BCUT2D eigenvalue weighted by Gasteiger charge is 2.05. The molecule has 0 atom stereocenters. The molecule has 3 rings (SSSR count). The summed E-state index contributed by atoms with van der Waals surface area (Å²) < 4.78 is 10.7. The van der Waals surface area contributed by atoms with Crippen molar-refractivity contribution in [3.63, 3.8) is 0 Å². The van der Waals surface area contributed by atoms with E-state index in [-0.39, 0.29) is 0 Å². The minimum atomic E-state index is 0.634. The molecule has 5 heteroatoms. The summed E-state index contributed by atoms with van der Waals surface area (Å²) in [5.74, 6) is 1.65.